The van der Waals surface area contributed by atoms with Crippen LogP contribution >= 0.6 is 11.6 Å². The lowest BCUT2D eigenvalue weighted by atomic mass is 10.3. The highest BCUT2D eigenvalue weighted by Crippen LogP contribution is 2.39. The van der Waals surface area contributed by atoms with Gasteiger partial charge in [-0.15, -0.1) is 0 Å². The number of rotatable bonds is 2. The van der Waals surface area contributed by atoms with Gasteiger partial charge in [-0.2, -0.15) is 0 Å². The molecule has 1 aliphatic carbocycles. The fraction of sp³-hybridized carbons (Fsp3) is 0.636. The van der Waals surface area contributed by atoms with Crippen molar-refractivity contribution < 1.29 is 5.11 Å². The van der Waals surface area contributed by atoms with Crippen LogP contribution in [0.5, 0.6) is 0 Å². The van der Waals surface area contributed by atoms with Gasteiger partial charge in [-0.25, -0.2) is 9.97 Å². The van der Waals surface area contributed by atoms with Gasteiger partial charge in [-0.1, -0.05) is 11.6 Å². The first kappa shape index (κ1) is 10.3. The van der Waals surface area contributed by atoms with Gasteiger partial charge < -0.3 is 10.0 Å². The van der Waals surface area contributed by atoms with Crippen LogP contribution in [-0.2, 0) is 0 Å². The van der Waals surface area contributed by atoms with E-state index in [4.69, 9.17) is 11.6 Å². The lowest BCUT2D eigenvalue weighted by Crippen LogP contribution is -2.22. The van der Waals surface area contributed by atoms with Crippen molar-refractivity contribution in [3.63, 3.8) is 0 Å². The Morgan fingerprint density at radius 2 is 2.12 bits per heavy atom. The number of β-amino-alcohol motifs (C(OH)–C–C–N with tert-alkyl or cyclic N) is 1. The highest BCUT2D eigenvalue weighted by Gasteiger charge is 2.29. The van der Waals surface area contributed by atoms with Crippen molar-refractivity contribution in [3.05, 3.63) is 17.0 Å². The normalized spacial score (nSPS) is 25.1. The fourth-order valence-electron chi connectivity index (χ4n) is 2.06. The summed E-state index contributed by atoms with van der Waals surface area (Å²) in [6, 6.07) is 1.78. The lowest BCUT2D eigenvalue weighted by molar-refractivity contribution is 0.198. The summed E-state index contributed by atoms with van der Waals surface area (Å²) >= 11 is 6.00. The Balaban J connectivity index is 1.88. The van der Waals surface area contributed by atoms with Crippen LogP contribution < -0.4 is 4.90 Å². The third-order valence-electron chi connectivity index (χ3n) is 3.13. The van der Waals surface area contributed by atoms with Gasteiger partial charge in [0.2, 0.25) is 0 Å². The van der Waals surface area contributed by atoms with E-state index in [9.17, 15) is 5.11 Å². The second kappa shape index (κ2) is 3.86. The Morgan fingerprint density at radius 3 is 2.75 bits per heavy atom. The third-order valence-corrected chi connectivity index (χ3v) is 3.32. The van der Waals surface area contributed by atoms with Crippen LogP contribution in [0.1, 0.15) is 31.0 Å². The third kappa shape index (κ3) is 1.99. The number of aromatic nitrogens is 2. The zero-order valence-electron chi connectivity index (χ0n) is 8.93. The van der Waals surface area contributed by atoms with Crippen molar-refractivity contribution in [2.24, 2.45) is 0 Å². The average Bonchev–Trinajstić information content (AvgIpc) is 3.01. The zero-order chi connectivity index (χ0) is 11.1. The van der Waals surface area contributed by atoms with Gasteiger partial charge in [-0.3, -0.25) is 0 Å². The van der Waals surface area contributed by atoms with E-state index in [-0.39, 0.29) is 6.10 Å². The van der Waals surface area contributed by atoms with Crippen molar-refractivity contribution in [3.8, 4) is 0 Å². The first-order valence-electron chi connectivity index (χ1n) is 5.70. The van der Waals surface area contributed by atoms with Crippen molar-refractivity contribution in [1.82, 2.24) is 9.97 Å². The summed E-state index contributed by atoms with van der Waals surface area (Å²) in [4.78, 5) is 10.9. The number of aliphatic hydroxyl groups excluding tert-OH is 1. The Morgan fingerprint density at radius 1 is 1.31 bits per heavy atom. The quantitative estimate of drug-likeness (QED) is 0.797. The van der Waals surface area contributed by atoms with Crippen LogP contribution in [0.15, 0.2) is 6.07 Å². The molecule has 86 valence electrons. The molecule has 1 aliphatic heterocycles. The SMILES string of the molecule is O[C@@H]1CCN(c2cc(Cl)nc(C3CC3)n2)C1. The molecule has 0 amide bonds. The molecule has 4 nitrogen and oxygen atoms in total. The van der Waals surface area contributed by atoms with Gasteiger partial charge in [-0.05, 0) is 19.3 Å². The molecule has 1 aromatic heterocycles. The number of nitrogens with zero attached hydrogens (tertiary/aromatic N) is 3. The summed E-state index contributed by atoms with van der Waals surface area (Å²) in [5.41, 5.74) is 0. The molecule has 1 aromatic rings. The van der Waals surface area contributed by atoms with Gasteiger partial charge in [0.1, 0.15) is 16.8 Å². The van der Waals surface area contributed by atoms with E-state index in [2.05, 4.69) is 14.9 Å². The Bertz CT molecular complexity index is 408. The van der Waals surface area contributed by atoms with Crippen molar-refractivity contribution in [1.29, 1.82) is 0 Å². The van der Waals surface area contributed by atoms with Gasteiger partial charge in [0.05, 0.1) is 6.10 Å². The number of hydrogen-bond acceptors (Lipinski definition) is 4. The number of halogens is 1. The molecule has 1 atom stereocenters. The topological polar surface area (TPSA) is 49.2 Å². The zero-order valence-corrected chi connectivity index (χ0v) is 9.69. The molecular formula is C11H14ClN3O. The molecule has 0 spiro atoms. The van der Waals surface area contributed by atoms with Crippen LogP contribution in [0.3, 0.4) is 0 Å². The first-order valence-corrected chi connectivity index (χ1v) is 6.07. The summed E-state index contributed by atoms with van der Waals surface area (Å²) in [7, 11) is 0. The summed E-state index contributed by atoms with van der Waals surface area (Å²) in [6.45, 7) is 1.50. The lowest BCUT2D eigenvalue weighted by Gasteiger charge is -2.17. The van der Waals surface area contributed by atoms with E-state index < -0.39 is 0 Å². The monoisotopic (exact) mass is 239 g/mol. The molecule has 2 aliphatic rings. The van der Waals surface area contributed by atoms with Crippen molar-refractivity contribution in [2.75, 3.05) is 18.0 Å². The first-order chi connectivity index (χ1) is 7.72. The molecule has 0 radical (unpaired) electrons. The Kier molecular flexibility index (Phi) is 2.48. The minimum atomic E-state index is -0.238. The maximum Gasteiger partial charge on any atom is 0.135 e. The molecule has 0 aromatic carbocycles. The van der Waals surface area contributed by atoms with Crippen LogP contribution in [-0.4, -0.2) is 34.3 Å². The minimum Gasteiger partial charge on any atom is -0.391 e. The maximum absolute atomic E-state index is 9.50. The highest BCUT2D eigenvalue weighted by molar-refractivity contribution is 6.29. The minimum absolute atomic E-state index is 0.238. The Labute approximate surface area is 99.3 Å². The number of hydrogen-bond donors (Lipinski definition) is 1. The van der Waals surface area contributed by atoms with E-state index in [1.807, 2.05) is 0 Å². The highest BCUT2D eigenvalue weighted by atomic mass is 35.5. The fourth-order valence-corrected chi connectivity index (χ4v) is 2.24. The molecule has 16 heavy (non-hydrogen) atoms. The molecule has 2 heterocycles. The van der Waals surface area contributed by atoms with Gasteiger partial charge in [0.15, 0.2) is 0 Å². The number of aliphatic hydroxyl groups is 1. The van der Waals surface area contributed by atoms with E-state index >= 15 is 0 Å². The van der Waals surface area contributed by atoms with Crippen molar-refractivity contribution in [2.45, 2.75) is 31.3 Å². The van der Waals surface area contributed by atoms with Gasteiger partial charge >= 0.3 is 0 Å². The summed E-state index contributed by atoms with van der Waals surface area (Å²) in [5.74, 6) is 2.23. The molecular weight excluding hydrogens is 226 g/mol. The second-order valence-electron chi connectivity index (χ2n) is 4.57. The number of anilines is 1. The maximum atomic E-state index is 9.50. The van der Waals surface area contributed by atoms with E-state index in [1.54, 1.807) is 6.07 Å². The predicted octanol–water partition coefficient (Wildman–Crippen LogP) is 1.58. The van der Waals surface area contributed by atoms with Gasteiger partial charge in [0, 0.05) is 25.1 Å². The molecule has 0 unspecified atom stereocenters. The van der Waals surface area contributed by atoms with E-state index in [1.165, 1.54) is 12.8 Å². The average molecular weight is 240 g/mol. The van der Waals surface area contributed by atoms with Crippen LogP contribution in [0.25, 0.3) is 0 Å². The van der Waals surface area contributed by atoms with E-state index in [0.29, 0.717) is 17.6 Å². The van der Waals surface area contributed by atoms with Crippen LogP contribution in [0, 0.1) is 0 Å². The van der Waals surface area contributed by atoms with Gasteiger partial charge in [0.25, 0.3) is 0 Å². The molecule has 1 N–H and O–H groups in total. The largest absolute Gasteiger partial charge is 0.391 e. The molecule has 2 fully saturated rings. The smallest absolute Gasteiger partial charge is 0.135 e. The molecule has 0 bridgehead atoms. The van der Waals surface area contributed by atoms with Crippen LogP contribution in [0.2, 0.25) is 5.15 Å². The summed E-state index contributed by atoms with van der Waals surface area (Å²) in [6.07, 6.45) is 2.91. The molecule has 3 rings (SSSR count). The standard InChI is InChI=1S/C11H14ClN3O/c12-9-5-10(15-4-3-8(16)6-15)14-11(13-9)7-1-2-7/h5,7-8,16H,1-4,6H2/t8-/m1/s1. The Hall–Kier alpha value is -0.870. The van der Waals surface area contributed by atoms with E-state index in [0.717, 1.165) is 24.6 Å². The summed E-state index contributed by atoms with van der Waals surface area (Å²) in [5, 5.41) is 10.0. The second-order valence-corrected chi connectivity index (χ2v) is 4.96. The van der Waals surface area contributed by atoms with Crippen LogP contribution in [0.4, 0.5) is 5.82 Å². The summed E-state index contributed by atoms with van der Waals surface area (Å²) < 4.78 is 0. The van der Waals surface area contributed by atoms with Crippen molar-refractivity contribution >= 4 is 17.4 Å². The molecule has 1 saturated heterocycles. The predicted molar refractivity (Wildman–Crippen MR) is 61.9 cm³/mol. The molecule has 1 saturated carbocycles. The molecule has 5 heteroatoms.